The van der Waals surface area contributed by atoms with Crippen LogP contribution >= 0.6 is 11.6 Å². The number of halogens is 1. The summed E-state index contributed by atoms with van der Waals surface area (Å²) < 4.78 is 37.2. The van der Waals surface area contributed by atoms with Crippen molar-refractivity contribution in [2.45, 2.75) is 24.7 Å². The summed E-state index contributed by atoms with van der Waals surface area (Å²) in [6, 6.07) is 17.1. The average Bonchev–Trinajstić information content (AvgIpc) is 2.83. The highest BCUT2D eigenvalue weighted by atomic mass is 35.5. The van der Waals surface area contributed by atoms with Crippen LogP contribution < -0.4 is 14.8 Å². The van der Waals surface area contributed by atoms with Gasteiger partial charge in [0, 0.05) is 31.5 Å². The lowest BCUT2D eigenvalue weighted by Gasteiger charge is -2.30. The number of hydrazone groups is 1. The fourth-order valence-corrected chi connectivity index (χ4v) is 5.18. The Morgan fingerprint density at radius 1 is 1.17 bits per heavy atom. The number of piperidine rings is 1. The molecule has 3 aromatic carbocycles. The van der Waals surface area contributed by atoms with E-state index in [2.05, 4.69) is 10.0 Å². The molecular formula is C25H28ClN3O6S. The molecule has 9 nitrogen and oxygen atoms in total. The highest BCUT2D eigenvalue weighted by molar-refractivity contribution is 7.87. The summed E-state index contributed by atoms with van der Waals surface area (Å²) in [7, 11) is -4.09. The Labute approximate surface area is 215 Å². The van der Waals surface area contributed by atoms with Gasteiger partial charge in [-0.05, 0) is 42.3 Å². The Morgan fingerprint density at radius 2 is 1.81 bits per heavy atom. The maximum absolute atomic E-state index is 12.8. The van der Waals surface area contributed by atoms with Crippen LogP contribution in [0.2, 0.25) is 5.02 Å². The number of fused-ring (bicyclic) bond motifs is 1. The zero-order valence-electron chi connectivity index (χ0n) is 19.7. The molecule has 4 rings (SSSR count). The third kappa shape index (κ3) is 7.50. The number of ether oxygens (including phenoxy) is 1. The Kier molecular flexibility index (Phi) is 9.38. The van der Waals surface area contributed by atoms with Crippen LogP contribution in [0, 0.1) is 5.92 Å². The Morgan fingerprint density at radius 3 is 2.47 bits per heavy atom. The molecule has 192 valence electrons. The maximum Gasteiger partial charge on any atom is 0.340 e. The molecule has 0 amide bonds. The summed E-state index contributed by atoms with van der Waals surface area (Å²) in [6.07, 6.45) is 3.58. The predicted molar refractivity (Wildman–Crippen MR) is 139 cm³/mol. The van der Waals surface area contributed by atoms with E-state index < -0.39 is 16.1 Å². The van der Waals surface area contributed by atoms with E-state index in [1.807, 2.05) is 24.3 Å². The molecule has 1 saturated heterocycles. The molecule has 0 aliphatic carbocycles. The highest BCUT2D eigenvalue weighted by Crippen LogP contribution is 2.34. The summed E-state index contributed by atoms with van der Waals surface area (Å²) >= 11 is 6.06. The average molecular weight is 534 g/mol. The van der Waals surface area contributed by atoms with Gasteiger partial charge in [-0.25, -0.2) is 0 Å². The topological polar surface area (TPSA) is 132 Å². The van der Waals surface area contributed by atoms with Crippen LogP contribution in [0.25, 0.3) is 10.8 Å². The van der Waals surface area contributed by atoms with Gasteiger partial charge in [0.2, 0.25) is 0 Å². The molecule has 1 heterocycles. The number of carboxylic acid groups (broad SMARTS) is 1. The summed E-state index contributed by atoms with van der Waals surface area (Å²) in [5, 5.41) is 12.8. The van der Waals surface area contributed by atoms with E-state index in [1.165, 1.54) is 12.1 Å². The van der Waals surface area contributed by atoms with Crippen molar-refractivity contribution in [1.29, 1.82) is 0 Å². The van der Waals surface area contributed by atoms with Crippen molar-refractivity contribution in [2.24, 2.45) is 16.9 Å². The van der Waals surface area contributed by atoms with E-state index in [9.17, 15) is 8.42 Å². The van der Waals surface area contributed by atoms with Gasteiger partial charge in [-0.3, -0.25) is 4.79 Å². The van der Waals surface area contributed by atoms with Gasteiger partial charge in [0.05, 0.1) is 11.6 Å². The number of rotatable bonds is 7. The second kappa shape index (κ2) is 12.5. The molecule has 3 N–H and O–H groups in total. The Hall–Kier alpha value is -3.50. The summed E-state index contributed by atoms with van der Waals surface area (Å²) in [4.78, 5) is 11.0. The summed E-state index contributed by atoms with van der Waals surface area (Å²) in [5.74, 6) is 5.53. The second-order valence-corrected chi connectivity index (χ2v) is 10.1. The van der Waals surface area contributed by atoms with Gasteiger partial charge >= 0.3 is 10.1 Å². The minimum Gasteiger partial charge on any atom is -0.493 e. The van der Waals surface area contributed by atoms with Gasteiger partial charge < -0.3 is 24.8 Å². The molecule has 3 aromatic rings. The molecular weight excluding hydrogens is 506 g/mol. The third-order valence-electron chi connectivity index (χ3n) is 5.46. The van der Waals surface area contributed by atoms with E-state index in [0.717, 1.165) is 43.6 Å². The van der Waals surface area contributed by atoms with Crippen molar-refractivity contribution in [2.75, 3.05) is 19.7 Å². The normalized spacial score (nSPS) is 14.3. The summed E-state index contributed by atoms with van der Waals surface area (Å²) in [5.41, 5.74) is 0. The monoisotopic (exact) mass is 533 g/mol. The fourth-order valence-electron chi connectivity index (χ4n) is 3.77. The van der Waals surface area contributed by atoms with Crippen molar-refractivity contribution in [3.05, 3.63) is 65.7 Å². The van der Waals surface area contributed by atoms with Crippen LogP contribution in [-0.2, 0) is 14.9 Å². The van der Waals surface area contributed by atoms with Crippen molar-refractivity contribution in [3.8, 4) is 11.5 Å². The quantitative estimate of drug-likeness (QED) is 0.151. The van der Waals surface area contributed by atoms with Crippen LogP contribution in [-0.4, -0.2) is 50.4 Å². The first-order valence-electron chi connectivity index (χ1n) is 11.2. The highest BCUT2D eigenvalue weighted by Gasteiger charge is 2.22. The number of hydrogen-bond donors (Lipinski definition) is 2. The van der Waals surface area contributed by atoms with Crippen LogP contribution in [0.4, 0.5) is 0 Å². The largest absolute Gasteiger partial charge is 0.493 e. The molecule has 36 heavy (non-hydrogen) atoms. The number of aliphatic carboxylic acids is 1. The molecule has 0 unspecified atom stereocenters. The summed E-state index contributed by atoms with van der Waals surface area (Å²) in [6.45, 7) is 3.35. The van der Waals surface area contributed by atoms with Crippen LogP contribution in [0.5, 0.6) is 11.5 Å². The first-order chi connectivity index (χ1) is 17.2. The molecule has 1 fully saturated rings. The van der Waals surface area contributed by atoms with Gasteiger partial charge in [0.15, 0.2) is 0 Å². The number of nitrogens with two attached hydrogens (primary N) is 1. The number of benzene rings is 3. The SMILES string of the molecule is CC(=O)O.NN=CN1CCC(COc2cc(OS(=O)(=O)c3ccccc3Cl)cc3ccccc23)CC1. The lowest BCUT2D eigenvalue weighted by molar-refractivity contribution is -0.134. The van der Waals surface area contributed by atoms with Gasteiger partial charge in [-0.2, -0.15) is 13.5 Å². The number of hydrogen-bond acceptors (Lipinski definition) is 7. The van der Waals surface area contributed by atoms with E-state index in [1.54, 1.807) is 30.6 Å². The number of carbonyl (C=O) groups is 1. The van der Waals surface area contributed by atoms with Crippen molar-refractivity contribution >= 4 is 44.8 Å². The van der Waals surface area contributed by atoms with Crippen molar-refractivity contribution in [1.82, 2.24) is 4.90 Å². The standard InChI is InChI=1S/C23H24ClN3O4S.C2H4O2/c24-21-7-3-4-8-23(21)32(28,29)31-19-13-18-5-1-2-6-20(18)22(14-19)30-15-17-9-11-27(12-10-17)16-26-25;1-2(3)4/h1-8,13-14,16-17H,9-12,15,25H2;1H3,(H,3,4). The lowest BCUT2D eigenvalue weighted by Crippen LogP contribution is -2.34. The van der Waals surface area contributed by atoms with Gasteiger partial charge in [-0.15, -0.1) is 0 Å². The van der Waals surface area contributed by atoms with Crippen molar-refractivity contribution < 1.29 is 27.2 Å². The number of nitrogens with zero attached hydrogens (tertiary/aromatic N) is 2. The molecule has 1 aliphatic heterocycles. The molecule has 0 spiro atoms. The first-order valence-corrected chi connectivity index (χ1v) is 13.0. The molecule has 11 heteroatoms. The zero-order chi connectivity index (χ0) is 26.1. The van der Waals surface area contributed by atoms with Crippen LogP contribution in [0.15, 0.2) is 70.7 Å². The molecule has 0 aromatic heterocycles. The minimum atomic E-state index is -4.09. The zero-order valence-corrected chi connectivity index (χ0v) is 21.3. The third-order valence-corrected chi connectivity index (χ3v) is 7.21. The van der Waals surface area contributed by atoms with E-state index in [0.29, 0.717) is 18.3 Å². The maximum atomic E-state index is 12.8. The van der Waals surface area contributed by atoms with Gasteiger partial charge in [0.25, 0.3) is 5.97 Å². The number of carboxylic acids is 1. The Bertz CT molecular complexity index is 1320. The molecule has 1 aliphatic rings. The molecule has 0 atom stereocenters. The molecule has 0 radical (unpaired) electrons. The van der Waals surface area contributed by atoms with Gasteiger partial charge in [0.1, 0.15) is 22.7 Å². The number of likely N-dealkylation sites (tertiary alicyclic amines) is 1. The second-order valence-electron chi connectivity index (χ2n) is 8.18. The first kappa shape index (κ1) is 27.1. The van der Waals surface area contributed by atoms with E-state index >= 15 is 0 Å². The van der Waals surface area contributed by atoms with Crippen molar-refractivity contribution in [3.63, 3.8) is 0 Å². The minimum absolute atomic E-state index is 0.0786. The Balaban J connectivity index is 0.000000840. The van der Waals surface area contributed by atoms with Crippen LogP contribution in [0.1, 0.15) is 19.8 Å². The van der Waals surface area contributed by atoms with Gasteiger partial charge in [-0.1, -0.05) is 48.0 Å². The van der Waals surface area contributed by atoms with Crippen LogP contribution in [0.3, 0.4) is 0 Å². The lowest BCUT2D eigenvalue weighted by atomic mass is 9.98. The van der Waals surface area contributed by atoms with E-state index in [-0.39, 0.29) is 15.7 Å². The fraction of sp³-hybridized carbons (Fsp3) is 0.280. The smallest absolute Gasteiger partial charge is 0.340 e. The predicted octanol–water partition coefficient (Wildman–Crippen LogP) is 4.34. The molecule has 0 bridgehead atoms. The molecule has 0 saturated carbocycles. The van der Waals surface area contributed by atoms with E-state index in [4.69, 9.17) is 36.3 Å².